The van der Waals surface area contributed by atoms with E-state index in [0.29, 0.717) is 49.0 Å². The van der Waals surface area contributed by atoms with Crippen molar-refractivity contribution in [3.05, 3.63) is 41.2 Å². The van der Waals surface area contributed by atoms with Crippen LogP contribution in [0.1, 0.15) is 85.5 Å². The minimum atomic E-state index is -4.44. The molecule has 3 aromatic heterocycles. The molecule has 11 nitrogen and oxygen atoms in total. The molecule has 5 heterocycles. The fourth-order valence-corrected chi connectivity index (χ4v) is 6.98. The van der Waals surface area contributed by atoms with Crippen molar-refractivity contribution >= 4 is 17.6 Å². The number of nitrogens with zero attached hydrogens (tertiary/aromatic N) is 6. The van der Waals surface area contributed by atoms with Crippen molar-refractivity contribution in [3.63, 3.8) is 0 Å². The lowest BCUT2D eigenvalue weighted by atomic mass is 9.81. The van der Waals surface area contributed by atoms with Gasteiger partial charge in [-0.05, 0) is 63.4 Å². The number of carbonyl (C=O) groups is 2. The molecule has 3 fully saturated rings. The van der Waals surface area contributed by atoms with E-state index < -0.39 is 48.3 Å². The Morgan fingerprint density at radius 3 is 2.57 bits per heavy atom. The molecule has 3 aromatic rings. The summed E-state index contributed by atoms with van der Waals surface area (Å²) < 4.78 is 77.5. The van der Waals surface area contributed by atoms with Crippen molar-refractivity contribution in [2.75, 3.05) is 19.8 Å². The average Bonchev–Trinajstić information content (AvgIpc) is 3.68. The molecule has 2 saturated heterocycles. The van der Waals surface area contributed by atoms with Gasteiger partial charge >= 0.3 is 6.18 Å². The number of nitrogens with one attached hydrogen (secondary N) is 2. The highest BCUT2D eigenvalue weighted by molar-refractivity contribution is 5.92. The van der Waals surface area contributed by atoms with Crippen molar-refractivity contribution in [1.82, 2.24) is 40.0 Å². The first-order chi connectivity index (χ1) is 22.4. The fraction of sp³-hybridized carbons (Fsp3) is 0.677. The summed E-state index contributed by atoms with van der Waals surface area (Å²) in [5, 5.41) is 14.3. The maximum absolute atomic E-state index is 14.1. The smallest absolute Gasteiger partial charge is 0.381 e. The molecule has 0 spiro atoms. The third-order valence-corrected chi connectivity index (χ3v) is 9.76. The lowest BCUT2D eigenvalue weighted by Crippen LogP contribution is -2.47. The molecule has 47 heavy (non-hydrogen) atoms. The number of carbonyl (C=O) groups excluding carboxylic acids is 2. The number of aromatic nitrogens is 6. The van der Waals surface area contributed by atoms with E-state index in [9.17, 15) is 31.5 Å². The Morgan fingerprint density at radius 2 is 1.87 bits per heavy atom. The second-order valence-electron chi connectivity index (χ2n) is 13.0. The molecular formula is C31H39F5N8O3. The lowest BCUT2D eigenvalue weighted by Gasteiger charge is -2.33. The molecule has 2 N–H and O–H groups in total. The number of aryl methyl sites for hydroxylation is 1. The monoisotopic (exact) mass is 666 g/mol. The Bertz CT molecular complexity index is 1570. The molecule has 2 amide bonds. The highest BCUT2D eigenvalue weighted by Crippen LogP contribution is 2.41. The molecule has 1 aliphatic carbocycles. The van der Waals surface area contributed by atoms with Crippen LogP contribution in [0.15, 0.2) is 18.5 Å². The molecule has 6 rings (SSSR count). The number of hydrogen-bond donors (Lipinski definition) is 2. The van der Waals surface area contributed by atoms with Crippen molar-refractivity contribution in [2.45, 2.75) is 89.4 Å². The highest BCUT2D eigenvalue weighted by atomic mass is 19.4. The van der Waals surface area contributed by atoms with Gasteiger partial charge in [-0.1, -0.05) is 0 Å². The number of rotatable bonds is 9. The number of ether oxygens (including phenoxy) is 1. The minimum absolute atomic E-state index is 0.0354. The number of piperidine rings is 1. The van der Waals surface area contributed by atoms with Crippen LogP contribution in [0.5, 0.6) is 0 Å². The highest BCUT2D eigenvalue weighted by Gasteiger charge is 2.45. The first kappa shape index (κ1) is 33.2. The third-order valence-electron chi connectivity index (χ3n) is 9.76. The van der Waals surface area contributed by atoms with E-state index in [1.807, 2.05) is 6.92 Å². The van der Waals surface area contributed by atoms with Crippen molar-refractivity contribution in [2.24, 2.45) is 23.7 Å². The number of amides is 2. The molecule has 3 atom stereocenters. The van der Waals surface area contributed by atoms with Crippen LogP contribution in [0.25, 0.3) is 5.78 Å². The van der Waals surface area contributed by atoms with Gasteiger partial charge in [-0.15, -0.1) is 0 Å². The molecule has 1 saturated carbocycles. The van der Waals surface area contributed by atoms with Crippen LogP contribution in [0.3, 0.4) is 0 Å². The Balaban J connectivity index is 1.34. The first-order valence-corrected chi connectivity index (χ1v) is 16.3. The van der Waals surface area contributed by atoms with Crippen LogP contribution >= 0.6 is 0 Å². The predicted molar refractivity (Wildman–Crippen MR) is 157 cm³/mol. The molecule has 2 aliphatic heterocycles. The van der Waals surface area contributed by atoms with Crippen LogP contribution in [0.4, 0.5) is 22.0 Å². The van der Waals surface area contributed by atoms with E-state index >= 15 is 0 Å². The van der Waals surface area contributed by atoms with E-state index in [1.165, 1.54) is 15.4 Å². The number of halogens is 5. The summed E-state index contributed by atoms with van der Waals surface area (Å²) in [5.41, 5.74) is 1.66. The Hall–Kier alpha value is -3.69. The quantitative estimate of drug-likeness (QED) is 0.323. The topological polar surface area (TPSA) is 128 Å². The van der Waals surface area contributed by atoms with Crippen LogP contribution in [0, 0.1) is 23.7 Å². The van der Waals surface area contributed by atoms with Crippen LogP contribution in [-0.4, -0.2) is 73.0 Å². The Kier molecular flexibility index (Phi) is 9.50. The number of hydrogen-bond acceptors (Lipinski definition) is 7. The summed E-state index contributed by atoms with van der Waals surface area (Å²) in [6.45, 7) is 3.02. The molecule has 0 unspecified atom stereocenters. The molecular weight excluding hydrogens is 627 g/mol. The van der Waals surface area contributed by atoms with Crippen LogP contribution in [0.2, 0.25) is 0 Å². The molecule has 3 aliphatic rings. The maximum Gasteiger partial charge on any atom is 0.393 e. The summed E-state index contributed by atoms with van der Waals surface area (Å²) in [6.07, 6.45) is 0.00310. The van der Waals surface area contributed by atoms with Gasteiger partial charge < -0.3 is 15.4 Å². The fourth-order valence-electron chi connectivity index (χ4n) is 6.98. The molecule has 16 heteroatoms. The zero-order chi connectivity index (χ0) is 33.3. The SMILES string of the molecule is CCn1nccc1C(=O)N[C@H](c1cn2nc(C[C@H]3C[C@@H](C(F)(F)F)CNC3=O)c(CC3CCOCC3)nc2n1)C1CCC(F)(F)CC1. The van der Waals surface area contributed by atoms with Crippen molar-refractivity contribution < 1.29 is 36.3 Å². The zero-order valence-electron chi connectivity index (χ0n) is 26.1. The maximum atomic E-state index is 14.1. The first-order valence-electron chi connectivity index (χ1n) is 16.3. The third kappa shape index (κ3) is 7.57. The zero-order valence-corrected chi connectivity index (χ0v) is 26.1. The number of alkyl halides is 5. The van der Waals surface area contributed by atoms with Gasteiger partial charge in [-0.25, -0.2) is 23.3 Å². The standard InChI is InChI=1S/C31H39F5N8O3/c1-2-43-25(5-10-38-43)28(46)41-26(19-3-8-30(32,33)9-4-19)24-17-44-29(40-24)39-22(13-18-6-11-47-12-7-18)23(42-44)15-20-14-21(31(34,35)36)16-37-27(20)45/h5,10,17-21,26H,2-4,6-9,11-16H2,1H3,(H,37,45)(H,41,46)/t20-,21-,26+/m1/s1. The van der Waals surface area contributed by atoms with Crippen molar-refractivity contribution in [3.8, 4) is 0 Å². The molecule has 0 radical (unpaired) electrons. The molecule has 256 valence electrons. The van der Waals surface area contributed by atoms with Gasteiger partial charge in [-0.3, -0.25) is 14.3 Å². The van der Waals surface area contributed by atoms with Gasteiger partial charge in [0.25, 0.3) is 11.7 Å². The van der Waals surface area contributed by atoms with Gasteiger partial charge in [0, 0.05) is 57.7 Å². The summed E-state index contributed by atoms with van der Waals surface area (Å²) in [7, 11) is 0. The van der Waals surface area contributed by atoms with Gasteiger partial charge in [0.1, 0.15) is 5.69 Å². The van der Waals surface area contributed by atoms with Crippen LogP contribution in [-0.2, 0) is 28.9 Å². The van der Waals surface area contributed by atoms with Gasteiger partial charge in [0.05, 0.1) is 35.2 Å². The van der Waals surface area contributed by atoms with Crippen molar-refractivity contribution in [1.29, 1.82) is 0 Å². The summed E-state index contributed by atoms with van der Waals surface area (Å²) >= 11 is 0. The van der Waals surface area contributed by atoms with Gasteiger partial charge in [0.2, 0.25) is 11.8 Å². The van der Waals surface area contributed by atoms with E-state index in [-0.39, 0.29) is 56.1 Å². The normalized spacial score (nSPS) is 23.5. The van der Waals surface area contributed by atoms with E-state index in [4.69, 9.17) is 19.8 Å². The van der Waals surface area contributed by atoms with Gasteiger partial charge in [0.15, 0.2) is 0 Å². The Morgan fingerprint density at radius 1 is 1.13 bits per heavy atom. The van der Waals surface area contributed by atoms with Gasteiger partial charge in [-0.2, -0.15) is 23.4 Å². The predicted octanol–water partition coefficient (Wildman–Crippen LogP) is 4.46. The molecule has 0 aromatic carbocycles. The largest absolute Gasteiger partial charge is 0.393 e. The summed E-state index contributed by atoms with van der Waals surface area (Å²) in [6, 6.07) is 0.846. The number of fused-ring (bicyclic) bond motifs is 1. The second kappa shape index (κ2) is 13.4. The number of imidazole rings is 1. The summed E-state index contributed by atoms with van der Waals surface area (Å²) in [5.74, 6) is -6.18. The van der Waals surface area contributed by atoms with E-state index in [2.05, 4.69) is 15.7 Å². The van der Waals surface area contributed by atoms with Crippen LogP contribution < -0.4 is 10.6 Å². The average molecular weight is 667 g/mol. The Labute approximate surface area is 268 Å². The van der Waals surface area contributed by atoms with E-state index in [0.717, 1.165) is 12.8 Å². The summed E-state index contributed by atoms with van der Waals surface area (Å²) in [4.78, 5) is 35.7. The molecule has 0 bridgehead atoms. The lowest BCUT2D eigenvalue weighted by molar-refractivity contribution is -0.183. The second-order valence-corrected chi connectivity index (χ2v) is 13.0. The minimum Gasteiger partial charge on any atom is -0.381 e. The van der Waals surface area contributed by atoms with E-state index in [1.54, 1.807) is 12.3 Å².